The average Bonchev–Trinajstić information content (AvgIpc) is 3.64. The second kappa shape index (κ2) is 10.3. The molecule has 10 heteroatoms. The van der Waals surface area contributed by atoms with E-state index < -0.39 is 5.82 Å². The van der Waals surface area contributed by atoms with Crippen LogP contribution in [-0.2, 0) is 13.0 Å². The summed E-state index contributed by atoms with van der Waals surface area (Å²) in [6.07, 6.45) is 7.88. The molecular weight excluding hydrogens is 471 g/mol. The molecule has 4 heterocycles. The summed E-state index contributed by atoms with van der Waals surface area (Å²) < 4.78 is 19.7. The lowest BCUT2D eigenvalue weighted by Gasteiger charge is -2.12. The third-order valence-corrected chi connectivity index (χ3v) is 6.44. The number of H-pyrrole nitrogens is 1. The van der Waals surface area contributed by atoms with Gasteiger partial charge in [-0.25, -0.2) is 14.3 Å². The molecule has 4 aromatic heterocycles. The van der Waals surface area contributed by atoms with Crippen molar-refractivity contribution in [2.75, 3.05) is 0 Å². The van der Waals surface area contributed by atoms with Crippen molar-refractivity contribution >= 4 is 0 Å². The van der Waals surface area contributed by atoms with Crippen molar-refractivity contribution in [3.8, 4) is 28.5 Å². The van der Waals surface area contributed by atoms with Gasteiger partial charge in [-0.05, 0) is 54.8 Å². The van der Waals surface area contributed by atoms with Crippen LogP contribution in [0.3, 0.4) is 0 Å². The summed E-state index contributed by atoms with van der Waals surface area (Å²) in [7, 11) is 0. The first-order valence-corrected chi connectivity index (χ1v) is 12.4. The Morgan fingerprint density at radius 1 is 1.08 bits per heavy atom. The van der Waals surface area contributed by atoms with Crippen LogP contribution in [-0.4, -0.2) is 39.3 Å². The monoisotopic (exact) mass is 500 g/mol. The first-order chi connectivity index (χ1) is 18.0. The second-order valence-corrected chi connectivity index (χ2v) is 9.30. The molecule has 5 aromatic rings. The minimum Gasteiger partial charge on any atom is -0.329 e. The van der Waals surface area contributed by atoms with E-state index in [0.717, 1.165) is 47.3 Å². The first-order valence-electron chi connectivity index (χ1n) is 12.4. The largest absolute Gasteiger partial charge is 0.334 e. The maximum absolute atomic E-state index is 14.8. The van der Waals surface area contributed by atoms with Crippen LogP contribution in [0.5, 0.6) is 0 Å². The number of imidazole rings is 1. The highest BCUT2D eigenvalue weighted by molar-refractivity contribution is 5.78. The van der Waals surface area contributed by atoms with Gasteiger partial charge < -0.3 is 4.57 Å². The Morgan fingerprint density at radius 3 is 2.57 bits per heavy atom. The first kappa shape index (κ1) is 24.4. The predicted octanol–water partition coefficient (Wildman–Crippen LogP) is 4.79. The van der Waals surface area contributed by atoms with Crippen molar-refractivity contribution in [3.05, 3.63) is 88.6 Å². The maximum Gasteiger partial charge on any atom is 0.334 e. The number of aromatic amines is 1. The number of rotatable bonds is 9. The molecule has 0 aliphatic carbocycles. The van der Waals surface area contributed by atoms with Crippen LogP contribution in [0.15, 0.2) is 65.8 Å². The second-order valence-electron chi connectivity index (χ2n) is 9.30. The van der Waals surface area contributed by atoms with Gasteiger partial charge in [0.25, 0.3) is 0 Å². The van der Waals surface area contributed by atoms with E-state index in [1.165, 1.54) is 10.6 Å². The van der Waals surface area contributed by atoms with Gasteiger partial charge in [-0.3, -0.25) is 14.1 Å². The smallest absolute Gasteiger partial charge is 0.329 e. The van der Waals surface area contributed by atoms with Crippen molar-refractivity contribution in [1.29, 1.82) is 0 Å². The summed E-state index contributed by atoms with van der Waals surface area (Å²) in [5.41, 5.74) is 3.99. The number of nitrogens with zero attached hydrogens (tertiary/aromatic N) is 7. The summed E-state index contributed by atoms with van der Waals surface area (Å²) in [5.74, 6) is 0.415. The number of benzene rings is 1. The standard InChI is InChI=1S/C27H29FN8O/c1-4-5-8-20-17-36(26-23(28)13-14-34(26)18(2)3)27(37)35(20)16-19-11-12-24(29-15-19)21-9-6-7-10-22(21)25-30-32-33-31-25/h6-7,9-15,17-18H,4-5,8,16H2,1-3H3,(H,30,31,32,33). The molecule has 0 aliphatic rings. The van der Waals surface area contributed by atoms with Crippen LogP contribution in [0, 0.1) is 5.82 Å². The van der Waals surface area contributed by atoms with Crippen molar-refractivity contribution in [3.63, 3.8) is 0 Å². The zero-order valence-electron chi connectivity index (χ0n) is 21.1. The zero-order chi connectivity index (χ0) is 25.9. The molecule has 37 heavy (non-hydrogen) atoms. The van der Waals surface area contributed by atoms with Crippen LogP contribution in [0.2, 0.25) is 0 Å². The minimum absolute atomic E-state index is 0.0150. The van der Waals surface area contributed by atoms with Gasteiger partial charge in [-0.2, -0.15) is 0 Å². The van der Waals surface area contributed by atoms with Crippen molar-refractivity contribution in [2.45, 2.75) is 52.6 Å². The molecular formula is C27H29FN8O. The molecule has 0 spiro atoms. The molecule has 0 aliphatic heterocycles. The van der Waals surface area contributed by atoms with Crippen molar-refractivity contribution in [1.82, 2.24) is 39.3 Å². The number of halogens is 1. The number of tetrazole rings is 1. The summed E-state index contributed by atoms with van der Waals surface area (Å²) in [6.45, 7) is 6.38. The number of nitrogens with one attached hydrogen (secondary N) is 1. The highest BCUT2D eigenvalue weighted by atomic mass is 19.1. The molecule has 1 aromatic carbocycles. The van der Waals surface area contributed by atoms with Gasteiger partial charge in [0.2, 0.25) is 0 Å². The van der Waals surface area contributed by atoms with E-state index in [0.29, 0.717) is 12.4 Å². The van der Waals surface area contributed by atoms with E-state index in [4.69, 9.17) is 0 Å². The third-order valence-electron chi connectivity index (χ3n) is 6.44. The molecule has 0 atom stereocenters. The number of hydrogen-bond acceptors (Lipinski definition) is 5. The molecule has 0 saturated heterocycles. The normalized spacial score (nSPS) is 11.5. The van der Waals surface area contributed by atoms with E-state index in [9.17, 15) is 9.18 Å². The fraction of sp³-hybridized carbons (Fsp3) is 0.296. The van der Waals surface area contributed by atoms with Crippen molar-refractivity contribution in [2.24, 2.45) is 0 Å². The highest BCUT2D eigenvalue weighted by Gasteiger charge is 2.20. The van der Waals surface area contributed by atoms with Gasteiger partial charge in [0.05, 0.1) is 12.2 Å². The van der Waals surface area contributed by atoms with Gasteiger partial charge in [0.1, 0.15) is 0 Å². The third kappa shape index (κ3) is 4.74. The van der Waals surface area contributed by atoms with E-state index >= 15 is 0 Å². The number of aromatic nitrogens is 8. The van der Waals surface area contributed by atoms with E-state index in [1.54, 1.807) is 27.7 Å². The SMILES string of the molecule is CCCCc1cn(-c2c(F)ccn2C(C)C)c(=O)n1Cc1ccc(-c2ccccc2-c2nnn[nH]2)nc1. The van der Waals surface area contributed by atoms with E-state index in [2.05, 4.69) is 32.5 Å². The number of aryl methyl sites for hydroxylation is 1. The topological polar surface area (TPSA) is 99.2 Å². The quantitative estimate of drug-likeness (QED) is 0.314. The molecule has 0 radical (unpaired) electrons. The summed E-state index contributed by atoms with van der Waals surface area (Å²) in [5, 5.41) is 14.2. The lowest BCUT2D eigenvalue weighted by Crippen LogP contribution is -2.26. The molecule has 0 amide bonds. The van der Waals surface area contributed by atoms with Gasteiger partial charge in [-0.1, -0.05) is 43.7 Å². The van der Waals surface area contributed by atoms with Gasteiger partial charge in [0, 0.05) is 41.5 Å². The molecule has 0 fully saturated rings. The number of pyridine rings is 1. The number of unbranched alkanes of at least 4 members (excludes halogenated alkanes) is 1. The summed E-state index contributed by atoms with van der Waals surface area (Å²) in [4.78, 5) is 18.2. The Hall–Kier alpha value is -4.34. The van der Waals surface area contributed by atoms with Crippen LogP contribution < -0.4 is 5.69 Å². The Balaban J connectivity index is 1.49. The highest BCUT2D eigenvalue weighted by Crippen LogP contribution is 2.28. The van der Waals surface area contributed by atoms with Crippen LogP contribution in [0.1, 0.15) is 50.9 Å². The molecule has 9 nitrogen and oxygen atoms in total. The number of hydrogen-bond donors (Lipinski definition) is 1. The molecule has 5 rings (SSSR count). The molecule has 0 saturated carbocycles. The van der Waals surface area contributed by atoms with Crippen LogP contribution in [0.4, 0.5) is 4.39 Å². The Morgan fingerprint density at radius 2 is 1.89 bits per heavy atom. The Bertz CT molecular complexity index is 1540. The summed E-state index contributed by atoms with van der Waals surface area (Å²) >= 11 is 0. The van der Waals surface area contributed by atoms with E-state index in [1.807, 2.05) is 50.2 Å². The molecule has 190 valence electrons. The Kier molecular flexibility index (Phi) is 6.80. The fourth-order valence-corrected chi connectivity index (χ4v) is 4.52. The average molecular weight is 501 g/mol. The van der Waals surface area contributed by atoms with Gasteiger partial charge in [0.15, 0.2) is 17.5 Å². The van der Waals surface area contributed by atoms with Crippen LogP contribution in [0.25, 0.3) is 28.5 Å². The maximum atomic E-state index is 14.8. The van der Waals surface area contributed by atoms with Gasteiger partial charge >= 0.3 is 5.69 Å². The van der Waals surface area contributed by atoms with Gasteiger partial charge in [-0.15, -0.1) is 5.10 Å². The lowest BCUT2D eigenvalue weighted by atomic mass is 10.0. The fourth-order valence-electron chi connectivity index (χ4n) is 4.52. The molecule has 0 unspecified atom stereocenters. The summed E-state index contributed by atoms with van der Waals surface area (Å²) in [6, 6.07) is 13.1. The van der Waals surface area contributed by atoms with Crippen molar-refractivity contribution < 1.29 is 4.39 Å². The predicted molar refractivity (Wildman–Crippen MR) is 139 cm³/mol. The van der Waals surface area contributed by atoms with Crippen LogP contribution >= 0.6 is 0 Å². The Labute approximate surface area is 213 Å². The zero-order valence-corrected chi connectivity index (χ0v) is 21.1. The van der Waals surface area contributed by atoms with E-state index in [-0.39, 0.29) is 17.5 Å². The minimum atomic E-state index is -0.415. The molecule has 0 bridgehead atoms. The molecule has 1 N–H and O–H groups in total. The lowest BCUT2D eigenvalue weighted by molar-refractivity contribution is 0.552.